The fourth-order valence-electron chi connectivity index (χ4n) is 3.63. The van der Waals surface area contributed by atoms with Crippen molar-refractivity contribution in [3.05, 3.63) is 24.3 Å². The van der Waals surface area contributed by atoms with Crippen LogP contribution in [0, 0.1) is 5.92 Å². The van der Waals surface area contributed by atoms with E-state index in [4.69, 9.17) is 4.74 Å². The summed E-state index contributed by atoms with van der Waals surface area (Å²) in [6.07, 6.45) is 8.57. The molecule has 0 N–H and O–H groups in total. The van der Waals surface area contributed by atoms with Crippen molar-refractivity contribution in [3.8, 4) is 6.01 Å². The first-order valence-electron chi connectivity index (χ1n) is 7.52. The molecule has 0 radical (unpaired) electrons. The Morgan fingerprint density at radius 2 is 2.00 bits per heavy atom. The quantitative estimate of drug-likeness (QED) is 0.818. The summed E-state index contributed by atoms with van der Waals surface area (Å²) < 4.78 is 8.29. The number of nitrogens with zero attached hydrogens (tertiary/aromatic N) is 2. The Labute approximate surface area is 113 Å². The molecule has 1 aliphatic heterocycles. The number of rotatable bonds is 2. The molecule has 2 aliphatic rings. The Kier molecular flexibility index (Phi) is 2.71. The first-order valence-corrected chi connectivity index (χ1v) is 7.52. The van der Waals surface area contributed by atoms with Crippen LogP contribution < -0.4 is 4.74 Å². The first-order chi connectivity index (χ1) is 9.40. The molecule has 1 atom stereocenters. The van der Waals surface area contributed by atoms with Gasteiger partial charge in [-0.3, -0.25) is 4.57 Å². The molecule has 1 unspecified atom stereocenters. The van der Waals surface area contributed by atoms with E-state index >= 15 is 0 Å². The second-order valence-electron chi connectivity index (χ2n) is 5.97. The van der Waals surface area contributed by atoms with Crippen LogP contribution in [0.3, 0.4) is 0 Å². The lowest BCUT2D eigenvalue weighted by Crippen LogP contribution is -2.21. The highest BCUT2D eigenvalue weighted by atomic mass is 16.5. The minimum Gasteiger partial charge on any atom is -0.459 e. The zero-order chi connectivity index (χ0) is 12.7. The minimum atomic E-state index is 0.343. The number of benzene rings is 1. The lowest BCUT2D eigenvalue weighted by Gasteiger charge is -2.23. The number of ether oxygens (including phenoxy) is 1. The van der Waals surface area contributed by atoms with Gasteiger partial charge in [-0.25, -0.2) is 0 Å². The lowest BCUT2D eigenvalue weighted by atomic mass is 9.85. The second-order valence-corrected chi connectivity index (χ2v) is 5.97. The second kappa shape index (κ2) is 4.55. The highest BCUT2D eigenvalue weighted by Gasteiger charge is 2.28. The third-order valence-corrected chi connectivity index (χ3v) is 4.60. The Morgan fingerprint density at radius 3 is 2.89 bits per heavy atom. The number of hydrogen-bond acceptors (Lipinski definition) is 2. The fraction of sp³-hybridized carbons (Fsp3) is 0.562. The summed E-state index contributed by atoms with van der Waals surface area (Å²) >= 11 is 0. The van der Waals surface area contributed by atoms with Gasteiger partial charge in [-0.1, -0.05) is 44.2 Å². The molecule has 1 fully saturated rings. The summed E-state index contributed by atoms with van der Waals surface area (Å²) in [5, 5.41) is 0. The van der Waals surface area contributed by atoms with E-state index < -0.39 is 0 Å². The van der Waals surface area contributed by atoms with E-state index in [1.165, 1.54) is 44.0 Å². The third-order valence-electron chi connectivity index (χ3n) is 4.60. The number of imidazole rings is 1. The molecular weight excluding hydrogens is 236 g/mol. The summed E-state index contributed by atoms with van der Waals surface area (Å²) in [6.45, 7) is 0.979. The van der Waals surface area contributed by atoms with Crippen LogP contribution in [0.15, 0.2) is 24.3 Å². The van der Waals surface area contributed by atoms with Crippen molar-refractivity contribution in [2.24, 2.45) is 5.92 Å². The van der Waals surface area contributed by atoms with Crippen LogP contribution >= 0.6 is 0 Å². The van der Waals surface area contributed by atoms with Crippen LogP contribution in [0.4, 0.5) is 0 Å². The number of fused-ring (bicyclic) bond motifs is 3. The van der Waals surface area contributed by atoms with Gasteiger partial charge in [-0.05, 0) is 24.5 Å². The van der Waals surface area contributed by atoms with E-state index in [1.54, 1.807) is 0 Å². The summed E-state index contributed by atoms with van der Waals surface area (Å²) in [4.78, 5) is 4.58. The molecule has 3 heteroatoms. The molecule has 0 spiro atoms. The lowest BCUT2D eigenvalue weighted by molar-refractivity contribution is 0.170. The zero-order valence-electron chi connectivity index (χ0n) is 11.2. The Morgan fingerprint density at radius 1 is 1.16 bits per heavy atom. The van der Waals surface area contributed by atoms with Gasteiger partial charge in [0.25, 0.3) is 6.01 Å². The molecule has 0 saturated heterocycles. The van der Waals surface area contributed by atoms with Gasteiger partial charge in [-0.2, -0.15) is 4.98 Å². The molecule has 1 aromatic carbocycles. The predicted molar refractivity (Wildman–Crippen MR) is 75.3 cm³/mol. The van der Waals surface area contributed by atoms with Crippen LogP contribution in [0.1, 0.15) is 38.5 Å². The molecule has 0 amide bonds. The largest absolute Gasteiger partial charge is 0.459 e. The molecule has 4 rings (SSSR count). The minimum absolute atomic E-state index is 0.343. The molecule has 0 bridgehead atoms. The zero-order valence-corrected chi connectivity index (χ0v) is 11.2. The smallest absolute Gasteiger partial charge is 0.297 e. The summed E-state index contributed by atoms with van der Waals surface area (Å²) in [5.41, 5.74) is 2.26. The van der Waals surface area contributed by atoms with Gasteiger partial charge in [0.1, 0.15) is 6.10 Å². The fourth-order valence-corrected chi connectivity index (χ4v) is 3.63. The summed E-state index contributed by atoms with van der Waals surface area (Å²) in [6, 6.07) is 9.12. The van der Waals surface area contributed by atoms with Gasteiger partial charge in [0.05, 0.1) is 17.6 Å². The van der Waals surface area contributed by atoms with E-state index in [1.807, 2.05) is 6.07 Å². The van der Waals surface area contributed by atoms with Crippen LogP contribution in [0.5, 0.6) is 6.01 Å². The van der Waals surface area contributed by atoms with Gasteiger partial charge in [0.2, 0.25) is 0 Å². The van der Waals surface area contributed by atoms with Crippen molar-refractivity contribution in [3.63, 3.8) is 0 Å². The van der Waals surface area contributed by atoms with Crippen LogP contribution in [0.25, 0.3) is 11.0 Å². The standard InChI is InChI=1S/C16H20N2O/c1-2-6-12(7-3-1)10-13-11-18-15-9-5-4-8-14(15)17-16(18)19-13/h4-5,8-9,12-13H,1-3,6-7,10-11H2. The van der Waals surface area contributed by atoms with Crippen molar-refractivity contribution in [1.29, 1.82) is 0 Å². The normalized spacial score (nSPS) is 23.5. The van der Waals surface area contributed by atoms with Crippen molar-refractivity contribution in [1.82, 2.24) is 9.55 Å². The number of hydrogen-bond donors (Lipinski definition) is 0. The molecular formula is C16H20N2O. The van der Waals surface area contributed by atoms with Gasteiger partial charge >= 0.3 is 0 Å². The van der Waals surface area contributed by atoms with E-state index in [2.05, 4.69) is 27.8 Å². The van der Waals surface area contributed by atoms with E-state index in [0.29, 0.717) is 6.10 Å². The average molecular weight is 256 g/mol. The van der Waals surface area contributed by atoms with Gasteiger partial charge < -0.3 is 4.74 Å². The maximum atomic E-state index is 6.05. The number of para-hydroxylation sites is 2. The van der Waals surface area contributed by atoms with E-state index in [0.717, 1.165) is 24.0 Å². The topological polar surface area (TPSA) is 27.1 Å². The van der Waals surface area contributed by atoms with Crippen molar-refractivity contribution >= 4 is 11.0 Å². The van der Waals surface area contributed by atoms with Gasteiger partial charge in [0, 0.05) is 0 Å². The van der Waals surface area contributed by atoms with Crippen molar-refractivity contribution in [2.45, 2.75) is 51.2 Å². The highest BCUT2D eigenvalue weighted by molar-refractivity contribution is 5.76. The Balaban J connectivity index is 1.51. The highest BCUT2D eigenvalue weighted by Crippen LogP contribution is 2.33. The van der Waals surface area contributed by atoms with E-state index in [9.17, 15) is 0 Å². The molecule has 3 nitrogen and oxygen atoms in total. The summed E-state index contributed by atoms with van der Waals surface area (Å²) in [7, 11) is 0. The van der Waals surface area contributed by atoms with Crippen LogP contribution in [-0.2, 0) is 6.54 Å². The molecule has 2 heterocycles. The molecule has 100 valence electrons. The van der Waals surface area contributed by atoms with Gasteiger partial charge in [-0.15, -0.1) is 0 Å². The molecule has 2 aromatic rings. The maximum Gasteiger partial charge on any atom is 0.297 e. The molecule has 1 aliphatic carbocycles. The predicted octanol–water partition coefficient (Wildman–Crippen LogP) is 3.77. The maximum absolute atomic E-state index is 6.05. The monoisotopic (exact) mass is 256 g/mol. The number of aromatic nitrogens is 2. The molecule has 1 saturated carbocycles. The first kappa shape index (κ1) is 11.3. The van der Waals surface area contributed by atoms with Crippen molar-refractivity contribution < 1.29 is 4.74 Å². The SMILES string of the molecule is c1ccc2c(c1)nc1n2CC(CC2CCCCC2)O1. The van der Waals surface area contributed by atoms with Crippen LogP contribution in [-0.4, -0.2) is 15.7 Å². The Bertz CT molecular complexity index is 583. The third kappa shape index (κ3) is 2.01. The molecule has 1 aromatic heterocycles. The average Bonchev–Trinajstić information content (AvgIpc) is 2.97. The van der Waals surface area contributed by atoms with E-state index in [-0.39, 0.29) is 0 Å². The van der Waals surface area contributed by atoms with Crippen molar-refractivity contribution in [2.75, 3.05) is 0 Å². The Hall–Kier alpha value is -1.51. The summed E-state index contributed by atoms with van der Waals surface area (Å²) in [5.74, 6) is 0.870. The molecule has 19 heavy (non-hydrogen) atoms. The van der Waals surface area contributed by atoms with Crippen LogP contribution in [0.2, 0.25) is 0 Å². The van der Waals surface area contributed by atoms with Gasteiger partial charge in [0.15, 0.2) is 0 Å².